The fraction of sp³-hybridized carbons (Fsp3) is 0.294. The second-order valence-electron chi connectivity index (χ2n) is 5.23. The number of aliphatic hydroxyl groups excluding tert-OH is 1. The molecule has 1 atom stereocenters. The Morgan fingerprint density at radius 2 is 1.91 bits per heavy atom. The van der Waals surface area contributed by atoms with Crippen LogP contribution in [0.25, 0.3) is 0 Å². The van der Waals surface area contributed by atoms with Crippen molar-refractivity contribution in [2.45, 2.75) is 32.0 Å². The normalized spacial score (nSPS) is 12.9. The van der Waals surface area contributed by atoms with Crippen LogP contribution in [0.4, 0.5) is 13.2 Å². The summed E-state index contributed by atoms with van der Waals surface area (Å²) in [5.41, 5.74) is -0.119. The zero-order valence-corrected chi connectivity index (χ0v) is 12.5. The van der Waals surface area contributed by atoms with Crippen LogP contribution in [0.1, 0.15) is 46.1 Å². The highest BCUT2D eigenvalue weighted by Gasteiger charge is 2.34. The highest BCUT2D eigenvalue weighted by molar-refractivity contribution is 5.95. The molecule has 0 aliphatic rings. The second kappa shape index (κ2) is 6.91. The molecule has 1 aromatic heterocycles. The molecule has 1 heterocycles. The molecule has 0 radical (unpaired) electrons. The van der Waals surface area contributed by atoms with Gasteiger partial charge in [-0.05, 0) is 36.6 Å². The van der Waals surface area contributed by atoms with E-state index in [1.807, 2.05) is 0 Å². The second-order valence-corrected chi connectivity index (χ2v) is 5.23. The van der Waals surface area contributed by atoms with Crippen LogP contribution in [-0.2, 0) is 6.18 Å². The predicted molar refractivity (Wildman–Crippen MR) is 78.9 cm³/mol. The fourth-order valence-corrected chi connectivity index (χ4v) is 2.37. The number of pyridine rings is 1. The van der Waals surface area contributed by atoms with Crippen molar-refractivity contribution in [2.24, 2.45) is 0 Å². The van der Waals surface area contributed by atoms with Crippen molar-refractivity contribution in [3.63, 3.8) is 0 Å². The van der Waals surface area contributed by atoms with E-state index in [0.717, 1.165) is 6.07 Å². The smallest absolute Gasteiger partial charge is 0.388 e. The number of aromatic nitrogens is 1. The summed E-state index contributed by atoms with van der Waals surface area (Å²) in [6.07, 6.45) is -4.59. The number of halogens is 3. The van der Waals surface area contributed by atoms with Crippen LogP contribution >= 0.6 is 0 Å². The van der Waals surface area contributed by atoms with Crippen LogP contribution in [0, 0.1) is 6.92 Å². The average molecular weight is 323 g/mol. The van der Waals surface area contributed by atoms with Gasteiger partial charge in [0, 0.05) is 12.6 Å². The minimum Gasteiger partial charge on any atom is -0.388 e. The first-order valence-corrected chi connectivity index (χ1v) is 7.09. The lowest BCUT2D eigenvalue weighted by atomic mass is 9.97. The van der Waals surface area contributed by atoms with Crippen LogP contribution in [0.5, 0.6) is 0 Å². The molecule has 1 N–H and O–H groups in total. The van der Waals surface area contributed by atoms with E-state index in [1.165, 1.54) is 24.4 Å². The van der Waals surface area contributed by atoms with Crippen molar-refractivity contribution in [2.75, 3.05) is 0 Å². The molecule has 6 heteroatoms. The molecule has 0 fully saturated rings. The van der Waals surface area contributed by atoms with Crippen LogP contribution in [-0.4, -0.2) is 15.9 Å². The maximum atomic E-state index is 12.9. The van der Waals surface area contributed by atoms with Gasteiger partial charge in [0.25, 0.3) is 0 Å². The Morgan fingerprint density at radius 1 is 1.22 bits per heavy atom. The summed E-state index contributed by atoms with van der Waals surface area (Å²) in [5, 5.41) is 10.1. The minimum absolute atomic E-state index is 0.0782. The summed E-state index contributed by atoms with van der Waals surface area (Å²) in [4.78, 5) is 16.1. The minimum atomic E-state index is -4.54. The highest BCUT2D eigenvalue weighted by Crippen LogP contribution is 2.35. The van der Waals surface area contributed by atoms with E-state index in [1.54, 1.807) is 19.1 Å². The van der Waals surface area contributed by atoms with Gasteiger partial charge in [0.05, 0.1) is 11.7 Å². The number of aryl methyl sites for hydroxylation is 1. The maximum absolute atomic E-state index is 12.9. The summed E-state index contributed by atoms with van der Waals surface area (Å²) in [6, 6.07) is 8.27. The van der Waals surface area contributed by atoms with Crippen molar-refractivity contribution >= 4 is 5.78 Å². The molecule has 2 rings (SSSR count). The van der Waals surface area contributed by atoms with Crippen LogP contribution in [0.15, 0.2) is 42.6 Å². The summed E-state index contributed by atoms with van der Waals surface area (Å²) < 4.78 is 38.8. The average Bonchev–Trinajstić information content (AvgIpc) is 2.52. The molecule has 3 nitrogen and oxygen atoms in total. The standard InChI is InChI=1S/C17H16F3NO2/c1-11-5-4-10-21-16(11)15(23)9-8-14(22)12-6-2-3-7-13(12)17(18,19)20/h2-7,10,14,22H,8-9H2,1H3. The number of carbonyl (C=O) groups excluding carboxylic acids is 1. The molecule has 23 heavy (non-hydrogen) atoms. The maximum Gasteiger partial charge on any atom is 0.416 e. The predicted octanol–water partition coefficient (Wildman–Crippen LogP) is 4.11. The number of benzene rings is 1. The fourth-order valence-electron chi connectivity index (χ4n) is 2.37. The molecule has 0 amide bonds. The lowest BCUT2D eigenvalue weighted by Gasteiger charge is -2.17. The third-order valence-corrected chi connectivity index (χ3v) is 3.54. The molecule has 122 valence electrons. The third-order valence-electron chi connectivity index (χ3n) is 3.54. The quantitative estimate of drug-likeness (QED) is 0.843. The van der Waals surface area contributed by atoms with Crippen LogP contribution < -0.4 is 0 Å². The number of hydrogen-bond acceptors (Lipinski definition) is 3. The lowest BCUT2D eigenvalue weighted by Crippen LogP contribution is -2.13. The molecule has 0 spiro atoms. The van der Waals surface area contributed by atoms with Gasteiger partial charge in [0.2, 0.25) is 0 Å². The monoisotopic (exact) mass is 323 g/mol. The summed E-state index contributed by atoms with van der Waals surface area (Å²) >= 11 is 0. The Kier molecular flexibility index (Phi) is 5.15. The Balaban J connectivity index is 2.11. The van der Waals surface area contributed by atoms with Crippen molar-refractivity contribution in [3.8, 4) is 0 Å². The molecule has 0 saturated carbocycles. The number of Topliss-reactive ketones (excluding diaryl/α,β-unsaturated/α-hetero) is 1. The topological polar surface area (TPSA) is 50.2 Å². The molecule has 1 unspecified atom stereocenters. The summed E-state index contributed by atoms with van der Waals surface area (Å²) in [7, 11) is 0. The number of nitrogens with zero attached hydrogens (tertiary/aromatic N) is 1. The van der Waals surface area contributed by atoms with Gasteiger partial charge in [-0.15, -0.1) is 0 Å². The molecular formula is C17H16F3NO2. The van der Waals surface area contributed by atoms with Crippen molar-refractivity contribution in [1.29, 1.82) is 0 Å². The van der Waals surface area contributed by atoms with Gasteiger partial charge in [-0.2, -0.15) is 13.2 Å². The number of hydrogen-bond donors (Lipinski definition) is 1. The SMILES string of the molecule is Cc1cccnc1C(=O)CCC(O)c1ccccc1C(F)(F)F. The third kappa shape index (κ3) is 4.16. The molecule has 0 bridgehead atoms. The van der Waals surface area contributed by atoms with Gasteiger partial charge >= 0.3 is 6.18 Å². The first-order valence-electron chi connectivity index (χ1n) is 7.09. The largest absolute Gasteiger partial charge is 0.416 e. The Hall–Kier alpha value is -2.21. The van der Waals surface area contributed by atoms with Gasteiger partial charge in [0.1, 0.15) is 5.69 Å². The molecule has 0 aliphatic carbocycles. The summed E-state index contributed by atoms with van der Waals surface area (Å²) in [6.45, 7) is 1.73. The van der Waals surface area contributed by atoms with E-state index in [2.05, 4.69) is 4.98 Å². The number of carbonyl (C=O) groups is 1. The lowest BCUT2D eigenvalue weighted by molar-refractivity contribution is -0.139. The van der Waals surface area contributed by atoms with Gasteiger partial charge in [-0.1, -0.05) is 24.3 Å². The van der Waals surface area contributed by atoms with E-state index in [0.29, 0.717) is 5.56 Å². The van der Waals surface area contributed by atoms with E-state index < -0.39 is 17.8 Å². The summed E-state index contributed by atoms with van der Waals surface area (Å²) in [5.74, 6) is -0.299. The van der Waals surface area contributed by atoms with Gasteiger partial charge < -0.3 is 5.11 Å². The number of ketones is 1. The van der Waals surface area contributed by atoms with E-state index in [4.69, 9.17) is 0 Å². The molecule has 2 aromatic rings. The van der Waals surface area contributed by atoms with E-state index >= 15 is 0 Å². The van der Waals surface area contributed by atoms with E-state index in [-0.39, 0.29) is 29.9 Å². The highest BCUT2D eigenvalue weighted by atomic mass is 19.4. The van der Waals surface area contributed by atoms with Crippen LogP contribution in [0.2, 0.25) is 0 Å². The van der Waals surface area contributed by atoms with Gasteiger partial charge in [-0.3, -0.25) is 9.78 Å². The Bertz CT molecular complexity index is 698. The van der Waals surface area contributed by atoms with Gasteiger partial charge in [-0.25, -0.2) is 0 Å². The molecular weight excluding hydrogens is 307 g/mol. The number of aliphatic hydroxyl groups is 1. The zero-order valence-electron chi connectivity index (χ0n) is 12.5. The van der Waals surface area contributed by atoms with Gasteiger partial charge in [0.15, 0.2) is 5.78 Å². The first kappa shape index (κ1) is 17.1. The van der Waals surface area contributed by atoms with Crippen molar-refractivity contribution < 1.29 is 23.1 Å². The molecule has 1 aromatic carbocycles. The molecule has 0 saturated heterocycles. The Labute approximate surface area is 131 Å². The number of rotatable bonds is 5. The van der Waals surface area contributed by atoms with E-state index in [9.17, 15) is 23.1 Å². The Morgan fingerprint density at radius 3 is 2.57 bits per heavy atom. The number of alkyl halides is 3. The first-order chi connectivity index (χ1) is 10.8. The van der Waals surface area contributed by atoms with Crippen LogP contribution in [0.3, 0.4) is 0 Å². The molecule has 0 aliphatic heterocycles. The van der Waals surface area contributed by atoms with Crippen molar-refractivity contribution in [3.05, 3.63) is 65.0 Å². The zero-order chi connectivity index (χ0) is 17.0. The van der Waals surface area contributed by atoms with Crippen molar-refractivity contribution in [1.82, 2.24) is 4.98 Å².